The molecule has 1 aliphatic carbocycles. The molecule has 1 aromatic carbocycles. The van der Waals surface area contributed by atoms with Crippen LogP contribution in [0, 0.1) is 24.6 Å². The number of hydrogen-bond acceptors (Lipinski definition) is 1. The van der Waals surface area contributed by atoms with Crippen LogP contribution in [0.15, 0.2) is 18.2 Å². The molecule has 1 aromatic rings. The summed E-state index contributed by atoms with van der Waals surface area (Å²) in [5, 5.41) is 0. The molecule has 76 valence electrons. The molecule has 0 radical (unpaired) electrons. The molecule has 0 aliphatic heterocycles. The Morgan fingerprint density at radius 2 is 2.14 bits per heavy atom. The molecule has 1 aliphatic rings. The maximum absolute atomic E-state index is 13.0. The molecule has 0 heterocycles. The van der Waals surface area contributed by atoms with Gasteiger partial charge in [-0.15, -0.1) is 0 Å². The van der Waals surface area contributed by atoms with E-state index in [0.717, 1.165) is 18.1 Å². The number of ether oxygens (including phenoxy) is 1. The van der Waals surface area contributed by atoms with Crippen molar-refractivity contribution in [2.45, 2.75) is 20.3 Å². The highest BCUT2D eigenvalue weighted by Crippen LogP contribution is 2.37. The van der Waals surface area contributed by atoms with Crippen LogP contribution in [0.5, 0.6) is 5.75 Å². The Morgan fingerprint density at radius 1 is 1.43 bits per heavy atom. The number of aryl methyl sites for hydroxylation is 1. The fourth-order valence-corrected chi connectivity index (χ4v) is 1.62. The summed E-state index contributed by atoms with van der Waals surface area (Å²) in [6.07, 6.45) is 1.24. The van der Waals surface area contributed by atoms with Gasteiger partial charge in [-0.2, -0.15) is 0 Å². The number of benzene rings is 1. The van der Waals surface area contributed by atoms with Crippen molar-refractivity contribution in [1.29, 1.82) is 0 Å². The molecule has 2 rings (SSSR count). The summed E-state index contributed by atoms with van der Waals surface area (Å²) in [6.45, 7) is 4.81. The molecular weight excluding hydrogens is 179 g/mol. The minimum atomic E-state index is -0.219. The van der Waals surface area contributed by atoms with Gasteiger partial charge in [0.05, 0.1) is 6.61 Å². The van der Waals surface area contributed by atoms with Crippen molar-refractivity contribution in [3.05, 3.63) is 29.6 Å². The molecule has 2 unspecified atom stereocenters. The minimum absolute atomic E-state index is 0.219. The lowest BCUT2D eigenvalue weighted by atomic mass is 10.2. The van der Waals surface area contributed by atoms with Gasteiger partial charge in [-0.3, -0.25) is 0 Å². The first kappa shape index (κ1) is 9.50. The second kappa shape index (κ2) is 3.60. The van der Waals surface area contributed by atoms with Crippen molar-refractivity contribution in [1.82, 2.24) is 0 Å². The zero-order chi connectivity index (χ0) is 10.1. The summed E-state index contributed by atoms with van der Waals surface area (Å²) in [6, 6.07) is 4.82. The molecule has 1 nitrogen and oxygen atoms in total. The van der Waals surface area contributed by atoms with Gasteiger partial charge in [0.2, 0.25) is 0 Å². The Hall–Kier alpha value is -1.05. The van der Waals surface area contributed by atoms with Crippen molar-refractivity contribution in [3.8, 4) is 5.75 Å². The largest absolute Gasteiger partial charge is 0.493 e. The number of hydrogen-bond donors (Lipinski definition) is 0. The van der Waals surface area contributed by atoms with E-state index >= 15 is 0 Å². The quantitative estimate of drug-likeness (QED) is 0.718. The van der Waals surface area contributed by atoms with E-state index in [9.17, 15) is 4.39 Å². The first-order chi connectivity index (χ1) is 6.65. The molecule has 0 amide bonds. The Kier molecular flexibility index (Phi) is 2.44. The molecule has 2 heteroatoms. The van der Waals surface area contributed by atoms with E-state index in [4.69, 9.17) is 4.74 Å². The highest BCUT2D eigenvalue weighted by Gasteiger charge is 2.32. The van der Waals surface area contributed by atoms with Gasteiger partial charge in [0.25, 0.3) is 0 Å². The zero-order valence-corrected chi connectivity index (χ0v) is 8.59. The third-order valence-corrected chi connectivity index (χ3v) is 2.76. The van der Waals surface area contributed by atoms with E-state index in [1.807, 2.05) is 13.0 Å². The predicted octanol–water partition coefficient (Wildman–Crippen LogP) is 3.17. The van der Waals surface area contributed by atoms with Gasteiger partial charge in [0.15, 0.2) is 0 Å². The van der Waals surface area contributed by atoms with Crippen LogP contribution in [0.1, 0.15) is 18.9 Å². The topological polar surface area (TPSA) is 9.23 Å². The molecule has 0 N–H and O–H groups in total. The predicted molar refractivity (Wildman–Crippen MR) is 53.9 cm³/mol. The lowest BCUT2D eigenvalue weighted by Gasteiger charge is -2.06. The van der Waals surface area contributed by atoms with Gasteiger partial charge in [-0.05, 0) is 42.9 Å². The summed E-state index contributed by atoms with van der Waals surface area (Å²) in [5.74, 6) is 1.90. The van der Waals surface area contributed by atoms with Crippen LogP contribution in [0.25, 0.3) is 0 Å². The van der Waals surface area contributed by atoms with Gasteiger partial charge < -0.3 is 4.74 Å². The fourth-order valence-electron chi connectivity index (χ4n) is 1.62. The van der Waals surface area contributed by atoms with Crippen LogP contribution in [-0.2, 0) is 0 Å². The van der Waals surface area contributed by atoms with E-state index < -0.39 is 0 Å². The summed E-state index contributed by atoms with van der Waals surface area (Å²) >= 11 is 0. The van der Waals surface area contributed by atoms with Crippen LogP contribution in [-0.4, -0.2) is 6.61 Å². The van der Waals surface area contributed by atoms with E-state index in [-0.39, 0.29) is 5.82 Å². The van der Waals surface area contributed by atoms with Crippen LogP contribution in [0.2, 0.25) is 0 Å². The third kappa shape index (κ3) is 2.25. The smallest absolute Gasteiger partial charge is 0.127 e. The van der Waals surface area contributed by atoms with Crippen molar-refractivity contribution in [3.63, 3.8) is 0 Å². The summed E-state index contributed by atoms with van der Waals surface area (Å²) in [4.78, 5) is 0. The van der Waals surface area contributed by atoms with E-state index in [0.29, 0.717) is 11.7 Å². The number of rotatable bonds is 3. The van der Waals surface area contributed by atoms with Crippen molar-refractivity contribution >= 4 is 0 Å². The molecule has 0 saturated heterocycles. The summed E-state index contributed by atoms with van der Waals surface area (Å²) in [5.41, 5.74) is 0.906. The maximum Gasteiger partial charge on any atom is 0.127 e. The molecule has 1 saturated carbocycles. The first-order valence-corrected chi connectivity index (χ1v) is 5.05. The van der Waals surface area contributed by atoms with E-state index in [1.54, 1.807) is 0 Å². The lowest BCUT2D eigenvalue weighted by Crippen LogP contribution is -2.00. The Balaban J connectivity index is 1.95. The Morgan fingerprint density at radius 3 is 2.71 bits per heavy atom. The van der Waals surface area contributed by atoms with E-state index in [1.165, 1.54) is 18.6 Å². The van der Waals surface area contributed by atoms with Gasteiger partial charge >= 0.3 is 0 Å². The first-order valence-electron chi connectivity index (χ1n) is 5.05. The molecule has 0 bridgehead atoms. The molecule has 1 fully saturated rings. The molecule has 0 aromatic heterocycles. The summed E-state index contributed by atoms with van der Waals surface area (Å²) < 4.78 is 18.5. The fraction of sp³-hybridized carbons (Fsp3) is 0.500. The average Bonchev–Trinajstić information content (AvgIpc) is 2.77. The molecule has 2 atom stereocenters. The van der Waals surface area contributed by atoms with Crippen molar-refractivity contribution in [2.75, 3.05) is 6.61 Å². The number of halogens is 1. The molecule has 0 spiro atoms. The second-order valence-corrected chi connectivity index (χ2v) is 4.25. The van der Waals surface area contributed by atoms with Crippen molar-refractivity contribution in [2.24, 2.45) is 11.8 Å². The monoisotopic (exact) mass is 194 g/mol. The zero-order valence-electron chi connectivity index (χ0n) is 8.59. The standard InChI is InChI=1S/C12H15FO/c1-8-3-11(13)6-12(4-8)14-7-10-5-9(10)2/h3-4,6,9-10H,5,7H2,1-2H3. The third-order valence-electron chi connectivity index (χ3n) is 2.76. The van der Waals surface area contributed by atoms with Crippen LogP contribution in [0.3, 0.4) is 0 Å². The van der Waals surface area contributed by atoms with Gasteiger partial charge in [0.1, 0.15) is 11.6 Å². The lowest BCUT2D eigenvalue weighted by molar-refractivity contribution is 0.292. The SMILES string of the molecule is Cc1cc(F)cc(OCC2CC2C)c1. The van der Waals surface area contributed by atoms with Crippen LogP contribution in [0.4, 0.5) is 4.39 Å². The Labute approximate surface area is 83.9 Å². The van der Waals surface area contributed by atoms with Gasteiger partial charge in [-0.25, -0.2) is 4.39 Å². The minimum Gasteiger partial charge on any atom is -0.493 e. The normalized spacial score (nSPS) is 24.8. The van der Waals surface area contributed by atoms with Crippen molar-refractivity contribution < 1.29 is 9.13 Å². The maximum atomic E-state index is 13.0. The highest BCUT2D eigenvalue weighted by atomic mass is 19.1. The van der Waals surface area contributed by atoms with E-state index in [2.05, 4.69) is 6.92 Å². The summed E-state index contributed by atoms with van der Waals surface area (Å²) in [7, 11) is 0. The molecular formula is C12H15FO. The van der Waals surface area contributed by atoms with Crippen LogP contribution < -0.4 is 4.74 Å². The highest BCUT2D eigenvalue weighted by molar-refractivity contribution is 5.28. The van der Waals surface area contributed by atoms with Crippen LogP contribution >= 0.6 is 0 Å². The van der Waals surface area contributed by atoms with Gasteiger partial charge in [-0.1, -0.05) is 6.92 Å². The molecule has 14 heavy (non-hydrogen) atoms. The van der Waals surface area contributed by atoms with Gasteiger partial charge in [0, 0.05) is 6.07 Å². The average molecular weight is 194 g/mol. The second-order valence-electron chi connectivity index (χ2n) is 4.25. The Bertz CT molecular complexity index is 315.